The molecule has 1 aromatic rings. The molecule has 0 amide bonds. The van der Waals surface area contributed by atoms with E-state index in [0.717, 1.165) is 22.3 Å². The zero-order valence-corrected chi connectivity index (χ0v) is 13.7. The average Bonchev–Trinajstić information content (AvgIpc) is 2.42. The lowest BCUT2D eigenvalue weighted by Gasteiger charge is -2.13. The molecule has 0 aliphatic carbocycles. The minimum absolute atomic E-state index is 0.249. The summed E-state index contributed by atoms with van der Waals surface area (Å²) in [5.41, 5.74) is 2.35. The van der Waals surface area contributed by atoms with Crippen molar-refractivity contribution in [1.82, 2.24) is 5.32 Å². The Labute approximate surface area is 132 Å². The van der Waals surface area contributed by atoms with Crippen LogP contribution in [0.1, 0.15) is 5.56 Å². The molecule has 6 heteroatoms. The lowest BCUT2D eigenvalue weighted by molar-refractivity contribution is 0.199. The summed E-state index contributed by atoms with van der Waals surface area (Å²) in [5, 5.41) is 3.73. The molecule has 0 saturated heterocycles. The number of nitrogens with one attached hydrogen (secondary N) is 1. The number of para-hydroxylation sites is 1. The van der Waals surface area contributed by atoms with Crippen molar-refractivity contribution >= 4 is 39.1 Å². The first-order valence-corrected chi connectivity index (χ1v) is 7.34. The van der Waals surface area contributed by atoms with Crippen molar-refractivity contribution in [2.75, 3.05) is 26.9 Å². The Morgan fingerprint density at radius 2 is 2.26 bits per heavy atom. The molecule has 0 atom stereocenters. The lowest BCUT2D eigenvalue weighted by Crippen LogP contribution is -2.19. The smallest absolute Gasteiger partial charge is 0.138 e. The van der Waals surface area contributed by atoms with Crippen molar-refractivity contribution < 1.29 is 9.47 Å². The standard InChI is InChI=1S/C13H16BrCl2NO2/c1-18-6-5-17-8-10-3-2-4-12(14)13(10)19-9-11(16)7-15/h2-4,7,17H,5-6,8-9H2,1H3. The Kier molecular flexibility index (Phi) is 8.50. The Hall–Kier alpha value is -0.260. The Morgan fingerprint density at radius 1 is 1.47 bits per heavy atom. The highest BCUT2D eigenvalue weighted by Crippen LogP contribution is 2.29. The van der Waals surface area contributed by atoms with Crippen LogP contribution in [0, 0.1) is 0 Å². The van der Waals surface area contributed by atoms with Crippen molar-refractivity contribution in [3.05, 3.63) is 38.8 Å². The number of hydrogen-bond acceptors (Lipinski definition) is 3. The van der Waals surface area contributed by atoms with Gasteiger partial charge in [-0.1, -0.05) is 35.3 Å². The fraction of sp³-hybridized carbons (Fsp3) is 0.385. The summed E-state index contributed by atoms with van der Waals surface area (Å²) >= 11 is 14.8. The molecule has 0 aromatic heterocycles. The number of hydrogen-bond donors (Lipinski definition) is 1. The van der Waals surface area contributed by atoms with Gasteiger partial charge in [0.25, 0.3) is 0 Å². The Balaban J connectivity index is 2.66. The van der Waals surface area contributed by atoms with E-state index in [9.17, 15) is 0 Å². The van der Waals surface area contributed by atoms with Crippen LogP contribution in [0.15, 0.2) is 33.2 Å². The van der Waals surface area contributed by atoms with Crippen LogP contribution in [0.4, 0.5) is 0 Å². The highest BCUT2D eigenvalue weighted by Gasteiger charge is 2.08. The average molecular weight is 369 g/mol. The second-order valence-electron chi connectivity index (χ2n) is 3.74. The molecule has 0 spiro atoms. The van der Waals surface area contributed by atoms with Crippen LogP contribution in [0.2, 0.25) is 0 Å². The molecule has 106 valence electrons. The van der Waals surface area contributed by atoms with E-state index in [2.05, 4.69) is 21.2 Å². The molecule has 1 N–H and O–H groups in total. The second-order valence-corrected chi connectivity index (χ2v) is 5.30. The zero-order chi connectivity index (χ0) is 14.1. The van der Waals surface area contributed by atoms with Crippen LogP contribution < -0.4 is 10.1 Å². The van der Waals surface area contributed by atoms with Gasteiger partial charge in [-0.05, 0) is 22.0 Å². The van der Waals surface area contributed by atoms with E-state index in [1.807, 2.05) is 18.2 Å². The van der Waals surface area contributed by atoms with Gasteiger partial charge in [-0.2, -0.15) is 0 Å². The molecule has 0 heterocycles. The normalized spacial score (nSPS) is 11.7. The van der Waals surface area contributed by atoms with Crippen molar-refractivity contribution in [3.8, 4) is 5.75 Å². The summed E-state index contributed by atoms with van der Waals surface area (Å²) in [6.45, 7) is 2.40. The van der Waals surface area contributed by atoms with Crippen molar-refractivity contribution in [1.29, 1.82) is 0 Å². The summed E-state index contributed by atoms with van der Waals surface area (Å²) in [4.78, 5) is 0. The molecule has 1 rings (SSSR count). The molecule has 0 radical (unpaired) electrons. The SMILES string of the molecule is COCCNCc1cccc(Br)c1OCC(Cl)=CCl. The van der Waals surface area contributed by atoms with Gasteiger partial charge in [0, 0.05) is 31.3 Å². The number of halogens is 3. The van der Waals surface area contributed by atoms with Gasteiger partial charge < -0.3 is 14.8 Å². The molecule has 0 fully saturated rings. The molecule has 19 heavy (non-hydrogen) atoms. The fourth-order valence-electron chi connectivity index (χ4n) is 1.42. The van der Waals surface area contributed by atoms with E-state index in [1.165, 1.54) is 5.54 Å². The van der Waals surface area contributed by atoms with E-state index in [4.69, 9.17) is 32.7 Å². The second kappa shape index (κ2) is 9.61. The van der Waals surface area contributed by atoms with Crippen molar-refractivity contribution in [2.45, 2.75) is 6.54 Å². The molecular formula is C13H16BrCl2NO2. The van der Waals surface area contributed by atoms with E-state index >= 15 is 0 Å². The molecular weight excluding hydrogens is 353 g/mol. The summed E-state index contributed by atoms with van der Waals surface area (Å²) < 4.78 is 11.5. The molecule has 0 saturated carbocycles. The van der Waals surface area contributed by atoms with Crippen LogP contribution >= 0.6 is 39.1 Å². The van der Waals surface area contributed by atoms with E-state index in [-0.39, 0.29) is 6.61 Å². The van der Waals surface area contributed by atoms with Crippen LogP contribution in [0.25, 0.3) is 0 Å². The summed E-state index contributed by atoms with van der Waals surface area (Å²) in [7, 11) is 1.68. The first-order chi connectivity index (χ1) is 9.19. The first-order valence-electron chi connectivity index (χ1n) is 5.73. The summed E-state index contributed by atoms with van der Waals surface area (Å²) in [6.07, 6.45) is 0. The molecule has 0 bridgehead atoms. The van der Waals surface area contributed by atoms with Gasteiger partial charge >= 0.3 is 0 Å². The maximum absolute atomic E-state index is 5.82. The minimum atomic E-state index is 0.249. The van der Waals surface area contributed by atoms with Gasteiger partial charge in [-0.3, -0.25) is 0 Å². The van der Waals surface area contributed by atoms with E-state index < -0.39 is 0 Å². The maximum atomic E-state index is 5.82. The number of benzene rings is 1. The molecule has 1 aromatic carbocycles. The first kappa shape index (κ1) is 16.8. The third-order valence-corrected chi connectivity index (χ3v) is 3.54. The largest absolute Gasteiger partial charge is 0.486 e. The topological polar surface area (TPSA) is 30.5 Å². The highest BCUT2D eigenvalue weighted by molar-refractivity contribution is 9.10. The predicted molar refractivity (Wildman–Crippen MR) is 83.0 cm³/mol. The monoisotopic (exact) mass is 367 g/mol. The van der Waals surface area contributed by atoms with Gasteiger partial charge in [0.1, 0.15) is 12.4 Å². The fourth-order valence-corrected chi connectivity index (χ4v) is 2.06. The van der Waals surface area contributed by atoms with Gasteiger partial charge in [-0.15, -0.1) is 0 Å². The van der Waals surface area contributed by atoms with E-state index in [1.54, 1.807) is 7.11 Å². The quantitative estimate of drug-likeness (QED) is 0.706. The zero-order valence-electron chi connectivity index (χ0n) is 10.6. The number of ether oxygens (including phenoxy) is 2. The summed E-state index contributed by atoms with van der Waals surface area (Å²) in [6, 6.07) is 5.88. The summed E-state index contributed by atoms with van der Waals surface area (Å²) in [5.74, 6) is 0.768. The Bertz CT molecular complexity index is 427. The molecule has 0 aliphatic heterocycles. The highest BCUT2D eigenvalue weighted by atomic mass is 79.9. The van der Waals surface area contributed by atoms with Crippen LogP contribution in [0.3, 0.4) is 0 Å². The van der Waals surface area contributed by atoms with Crippen LogP contribution in [0.5, 0.6) is 5.75 Å². The number of methoxy groups -OCH3 is 1. The van der Waals surface area contributed by atoms with Crippen molar-refractivity contribution in [2.24, 2.45) is 0 Å². The van der Waals surface area contributed by atoms with Gasteiger partial charge in [0.2, 0.25) is 0 Å². The molecule has 0 aliphatic rings. The third kappa shape index (κ3) is 6.15. The predicted octanol–water partition coefficient (Wildman–Crippen LogP) is 3.88. The van der Waals surface area contributed by atoms with Gasteiger partial charge in [0.15, 0.2) is 0 Å². The lowest BCUT2D eigenvalue weighted by atomic mass is 10.2. The maximum Gasteiger partial charge on any atom is 0.138 e. The Morgan fingerprint density at radius 3 is 2.95 bits per heavy atom. The van der Waals surface area contributed by atoms with Gasteiger partial charge in [0.05, 0.1) is 16.1 Å². The number of rotatable bonds is 8. The van der Waals surface area contributed by atoms with Crippen molar-refractivity contribution in [3.63, 3.8) is 0 Å². The van der Waals surface area contributed by atoms with E-state index in [0.29, 0.717) is 18.2 Å². The van der Waals surface area contributed by atoms with Gasteiger partial charge in [-0.25, -0.2) is 0 Å². The molecule has 0 unspecified atom stereocenters. The molecule has 3 nitrogen and oxygen atoms in total. The third-order valence-electron chi connectivity index (χ3n) is 2.32. The minimum Gasteiger partial charge on any atom is -0.486 e. The van der Waals surface area contributed by atoms with Crippen LogP contribution in [-0.2, 0) is 11.3 Å². The van der Waals surface area contributed by atoms with Crippen LogP contribution in [-0.4, -0.2) is 26.9 Å².